The average molecular weight is 409 g/mol. The van der Waals surface area contributed by atoms with Gasteiger partial charge in [0.2, 0.25) is 5.91 Å². The molecule has 0 aliphatic carbocycles. The summed E-state index contributed by atoms with van der Waals surface area (Å²) in [5.41, 5.74) is 4.24. The highest BCUT2D eigenvalue weighted by molar-refractivity contribution is 6.30. The first-order chi connectivity index (χ1) is 14.0. The van der Waals surface area contributed by atoms with E-state index in [0.29, 0.717) is 17.4 Å². The molecule has 0 atom stereocenters. The van der Waals surface area contributed by atoms with Crippen LogP contribution in [0.15, 0.2) is 53.3 Å². The lowest BCUT2D eigenvalue weighted by Gasteiger charge is -2.27. The third-order valence-corrected chi connectivity index (χ3v) is 5.20. The topological polar surface area (TPSA) is 78.1 Å². The van der Waals surface area contributed by atoms with Crippen molar-refractivity contribution >= 4 is 23.2 Å². The van der Waals surface area contributed by atoms with Gasteiger partial charge in [-0.25, -0.2) is 4.98 Å². The van der Waals surface area contributed by atoms with E-state index in [1.807, 2.05) is 36.4 Å². The number of nitrogens with zero attached hydrogens (tertiary/aromatic N) is 2. The zero-order valence-corrected chi connectivity index (χ0v) is 16.8. The number of carbonyl (C=O) groups excluding carboxylic acids is 1. The Balaban J connectivity index is 1.49. The summed E-state index contributed by atoms with van der Waals surface area (Å²) in [6.07, 6.45) is 0.726. The molecule has 0 saturated carbocycles. The molecule has 29 heavy (non-hydrogen) atoms. The Kier molecular flexibility index (Phi) is 5.47. The number of nitrogens with one attached hydrogen (secondary N) is 2. The summed E-state index contributed by atoms with van der Waals surface area (Å²) in [5, 5.41) is 3.41. The summed E-state index contributed by atoms with van der Waals surface area (Å²) in [4.78, 5) is 33.6. The lowest BCUT2D eigenvalue weighted by molar-refractivity contribution is -0.114. The number of fused-ring (bicyclic) bond motifs is 1. The van der Waals surface area contributed by atoms with Gasteiger partial charge < -0.3 is 10.3 Å². The van der Waals surface area contributed by atoms with E-state index in [2.05, 4.69) is 20.2 Å². The van der Waals surface area contributed by atoms with Gasteiger partial charge in [-0.15, -0.1) is 0 Å². The highest BCUT2D eigenvalue weighted by atomic mass is 35.5. The molecule has 0 spiro atoms. The van der Waals surface area contributed by atoms with Crippen LogP contribution in [0.1, 0.15) is 23.7 Å². The van der Waals surface area contributed by atoms with Crippen molar-refractivity contribution in [2.24, 2.45) is 0 Å². The highest BCUT2D eigenvalue weighted by Gasteiger charge is 2.21. The van der Waals surface area contributed by atoms with Crippen LogP contribution in [0.3, 0.4) is 0 Å². The molecular formula is C22H21ClN4O2. The number of rotatable bonds is 4. The van der Waals surface area contributed by atoms with Gasteiger partial charge >= 0.3 is 0 Å². The second-order valence-corrected chi connectivity index (χ2v) is 7.62. The molecule has 6 nitrogen and oxygen atoms in total. The summed E-state index contributed by atoms with van der Waals surface area (Å²) in [6.45, 7) is 3.62. The third-order valence-electron chi connectivity index (χ3n) is 4.95. The molecule has 1 aliphatic heterocycles. The highest BCUT2D eigenvalue weighted by Crippen LogP contribution is 2.21. The van der Waals surface area contributed by atoms with Gasteiger partial charge in [-0.3, -0.25) is 14.5 Å². The summed E-state index contributed by atoms with van der Waals surface area (Å²) >= 11 is 5.94. The van der Waals surface area contributed by atoms with Gasteiger partial charge in [-0.05, 0) is 42.0 Å². The van der Waals surface area contributed by atoms with E-state index in [4.69, 9.17) is 11.6 Å². The Morgan fingerprint density at radius 2 is 1.90 bits per heavy atom. The van der Waals surface area contributed by atoms with Crippen LogP contribution >= 0.6 is 11.6 Å². The Hall–Kier alpha value is -2.96. The minimum Gasteiger partial charge on any atom is -0.326 e. The molecule has 0 fully saturated rings. The molecule has 0 radical (unpaired) electrons. The maximum absolute atomic E-state index is 12.7. The van der Waals surface area contributed by atoms with Gasteiger partial charge in [0.25, 0.3) is 5.56 Å². The van der Waals surface area contributed by atoms with Crippen LogP contribution in [-0.4, -0.2) is 27.3 Å². The van der Waals surface area contributed by atoms with Crippen molar-refractivity contribution in [3.8, 4) is 11.4 Å². The number of amides is 1. The molecule has 1 aliphatic rings. The van der Waals surface area contributed by atoms with Crippen LogP contribution in [0.4, 0.5) is 5.69 Å². The van der Waals surface area contributed by atoms with Crippen molar-refractivity contribution in [1.29, 1.82) is 0 Å². The number of halogens is 1. The van der Waals surface area contributed by atoms with E-state index in [-0.39, 0.29) is 11.5 Å². The number of anilines is 1. The van der Waals surface area contributed by atoms with Gasteiger partial charge in [0.1, 0.15) is 5.82 Å². The van der Waals surface area contributed by atoms with Crippen LogP contribution in [0.5, 0.6) is 0 Å². The number of hydrogen-bond acceptors (Lipinski definition) is 4. The zero-order chi connectivity index (χ0) is 20.4. The normalized spacial score (nSPS) is 13.7. The van der Waals surface area contributed by atoms with Crippen LogP contribution in [0, 0.1) is 0 Å². The number of H-pyrrole nitrogens is 1. The minimum absolute atomic E-state index is 0.0879. The number of hydrogen-bond donors (Lipinski definition) is 2. The molecule has 0 unspecified atom stereocenters. The number of carbonyl (C=O) groups is 1. The van der Waals surface area contributed by atoms with Crippen molar-refractivity contribution < 1.29 is 4.79 Å². The summed E-state index contributed by atoms with van der Waals surface area (Å²) in [5.74, 6) is 0.488. The molecule has 2 heterocycles. The first kappa shape index (κ1) is 19.4. The maximum Gasteiger partial charge on any atom is 0.255 e. The summed E-state index contributed by atoms with van der Waals surface area (Å²) < 4.78 is 0. The molecule has 2 aromatic carbocycles. The molecule has 0 saturated heterocycles. The third kappa shape index (κ3) is 4.55. The predicted octanol–water partition coefficient (Wildman–Crippen LogP) is 3.61. The molecule has 1 aromatic heterocycles. The van der Waals surface area contributed by atoms with Gasteiger partial charge in [0, 0.05) is 49.3 Å². The molecule has 2 N–H and O–H groups in total. The molecule has 3 aromatic rings. The minimum atomic E-state index is -0.0920. The standard InChI is InChI=1S/C22H21ClN4O2/c1-14(28)24-18-8-2-15(3-9-18)12-27-11-10-20-19(13-27)22(29)26-21(25-20)16-4-6-17(23)7-5-16/h2-9H,10-13H2,1H3,(H,24,28)(H,25,26,29). The van der Waals surface area contributed by atoms with Crippen molar-refractivity contribution in [2.45, 2.75) is 26.4 Å². The summed E-state index contributed by atoms with van der Waals surface area (Å²) in [7, 11) is 0. The van der Waals surface area contributed by atoms with Gasteiger partial charge in [-0.1, -0.05) is 23.7 Å². The van der Waals surface area contributed by atoms with Gasteiger partial charge in [0.15, 0.2) is 0 Å². The molecule has 1 amide bonds. The van der Waals surface area contributed by atoms with Gasteiger partial charge in [-0.2, -0.15) is 0 Å². The van der Waals surface area contributed by atoms with Crippen LogP contribution in [-0.2, 0) is 24.3 Å². The van der Waals surface area contributed by atoms with Crippen LogP contribution in [0.2, 0.25) is 5.02 Å². The Morgan fingerprint density at radius 1 is 1.17 bits per heavy atom. The quantitative estimate of drug-likeness (QED) is 0.691. The average Bonchev–Trinajstić information content (AvgIpc) is 2.70. The smallest absolute Gasteiger partial charge is 0.255 e. The van der Waals surface area contributed by atoms with Crippen LogP contribution < -0.4 is 10.9 Å². The Labute approximate surface area is 173 Å². The second-order valence-electron chi connectivity index (χ2n) is 7.19. The van der Waals surface area contributed by atoms with E-state index in [9.17, 15) is 9.59 Å². The number of benzene rings is 2. The van der Waals surface area contributed by atoms with E-state index in [1.54, 1.807) is 12.1 Å². The van der Waals surface area contributed by atoms with E-state index < -0.39 is 0 Å². The SMILES string of the molecule is CC(=O)Nc1ccc(CN2CCc3nc(-c4ccc(Cl)cc4)[nH]c(=O)c3C2)cc1. The molecule has 0 bridgehead atoms. The Bertz CT molecular complexity index is 1090. The first-order valence-corrected chi connectivity index (χ1v) is 9.82. The fourth-order valence-electron chi connectivity index (χ4n) is 3.52. The number of aromatic amines is 1. The number of aromatic nitrogens is 2. The second kappa shape index (κ2) is 8.19. The fraction of sp³-hybridized carbons (Fsp3) is 0.227. The van der Waals surface area contributed by atoms with E-state index in [0.717, 1.165) is 47.6 Å². The molecule has 7 heteroatoms. The van der Waals surface area contributed by atoms with Crippen molar-refractivity contribution in [1.82, 2.24) is 14.9 Å². The Morgan fingerprint density at radius 3 is 2.59 bits per heavy atom. The first-order valence-electron chi connectivity index (χ1n) is 9.45. The zero-order valence-electron chi connectivity index (χ0n) is 16.0. The van der Waals surface area contributed by atoms with E-state index >= 15 is 0 Å². The van der Waals surface area contributed by atoms with Crippen molar-refractivity contribution in [2.75, 3.05) is 11.9 Å². The van der Waals surface area contributed by atoms with E-state index in [1.165, 1.54) is 6.92 Å². The maximum atomic E-state index is 12.7. The van der Waals surface area contributed by atoms with Crippen molar-refractivity contribution in [3.05, 3.63) is 80.7 Å². The van der Waals surface area contributed by atoms with Crippen LogP contribution in [0.25, 0.3) is 11.4 Å². The lowest BCUT2D eigenvalue weighted by Crippen LogP contribution is -2.35. The predicted molar refractivity (Wildman–Crippen MR) is 114 cm³/mol. The molecular weight excluding hydrogens is 388 g/mol. The fourth-order valence-corrected chi connectivity index (χ4v) is 3.64. The van der Waals surface area contributed by atoms with Crippen molar-refractivity contribution in [3.63, 3.8) is 0 Å². The van der Waals surface area contributed by atoms with Gasteiger partial charge in [0.05, 0.1) is 11.3 Å². The summed E-state index contributed by atoms with van der Waals surface area (Å²) in [6, 6.07) is 15.0. The monoisotopic (exact) mass is 408 g/mol. The largest absolute Gasteiger partial charge is 0.326 e. The molecule has 148 valence electrons. The lowest BCUT2D eigenvalue weighted by atomic mass is 10.1. The molecule has 4 rings (SSSR count).